The number of carbonyl (C=O) groups is 2. The van der Waals surface area contributed by atoms with Gasteiger partial charge in [-0.25, -0.2) is 9.18 Å². The number of ether oxygens (including phenoxy) is 2. The number of nitrogens with one attached hydrogen (secondary N) is 1. The molecule has 5 nitrogen and oxygen atoms in total. The number of Topliss-reactive ketones (excluding diaryl/α,β-unsaturated/α-hetero) is 1. The summed E-state index contributed by atoms with van der Waals surface area (Å²) in [6.07, 6.45) is 0. The van der Waals surface area contributed by atoms with Gasteiger partial charge in [-0.15, -0.1) is 0 Å². The lowest BCUT2D eigenvalue weighted by molar-refractivity contribution is -0.136. The minimum absolute atomic E-state index is 0.0307. The molecular weight excluding hydrogens is 369 g/mol. The van der Waals surface area contributed by atoms with Gasteiger partial charge in [0.2, 0.25) is 0 Å². The molecule has 3 aliphatic heterocycles. The molecule has 1 aromatic carbocycles. The van der Waals surface area contributed by atoms with Crippen molar-refractivity contribution >= 4 is 27.7 Å². The van der Waals surface area contributed by atoms with Gasteiger partial charge < -0.3 is 14.8 Å². The summed E-state index contributed by atoms with van der Waals surface area (Å²) in [5, 5.41) is 3.09. The molecule has 7 heteroatoms. The number of hydrogen-bond acceptors (Lipinski definition) is 5. The van der Waals surface area contributed by atoms with Crippen molar-refractivity contribution in [2.24, 2.45) is 0 Å². The number of hydrogen-bond donors (Lipinski definition) is 1. The van der Waals surface area contributed by atoms with Crippen molar-refractivity contribution in [2.45, 2.75) is 5.92 Å². The number of dihydropyridines is 1. The number of benzene rings is 1. The lowest BCUT2D eigenvalue weighted by Crippen LogP contribution is -2.37. The quantitative estimate of drug-likeness (QED) is 0.755. The first-order chi connectivity index (χ1) is 11.1. The molecule has 3 heterocycles. The van der Waals surface area contributed by atoms with Crippen LogP contribution in [0.4, 0.5) is 4.39 Å². The third-order valence-electron chi connectivity index (χ3n) is 4.15. The van der Waals surface area contributed by atoms with Crippen LogP contribution < -0.4 is 5.32 Å². The molecule has 1 atom stereocenters. The van der Waals surface area contributed by atoms with E-state index in [2.05, 4.69) is 21.2 Å². The molecule has 1 N–H and O–H groups in total. The van der Waals surface area contributed by atoms with E-state index in [0.717, 1.165) is 0 Å². The fourth-order valence-electron chi connectivity index (χ4n) is 3.17. The molecule has 0 spiro atoms. The SMILES string of the molecule is O=C1COCC2=C1[C@@H](c1ccc(F)c(Br)c1)C1=C(COC1=O)N2. The first-order valence-corrected chi connectivity index (χ1v) is 7.81. The molecule has 23 heavy (non-hydrogen) atoms. The van der Waals surface area contributed by atoms with Crippen LogP contribution in [0, 0.1) is 5.82 Å². The minimum Gasteiger partial charge on any atom is -0.456 e. The van der Waals surface area contributed by atoms with E-state index in [1.807, 2.05) is 0 Å². The highest BCUT2D eigenvalue weighted by molar-refractivity contribution is 9.10. The summed E-state index contributed by atoms with van der Waals surface area (Å²) in [4.78, 5) is 24.5. The zero-order valence-electron chi connectivity index (χ0n) is 11.8. The van der Waals surface area contributed by atoms with E-state index >= 15 is 0 Å². The van der Waals surface area contributed by atoms with Gasteiger partial charge in [0.25, 0.3) is 0 Å². The van der Waals surface area contributed by atoms with Crippen molar-refractivity contribution in [3.8, 4) is 0 Å². The topological polar surface area (TPSA) is 64.6 Å². The van der Waals surface area contributed by atoms with Gasteiger partial charge in [-0.3, -0.25) is 4.79 Å². The predicted molar refractivity (Wildman–Crippen MR) is 80.8 cm³/mol. The Kier molecular flexibility index (Phi) is 3.35. The Morgan fingerprint density at radius 3 is 2.70 bits per heavy atom. The number of cyclic esters (lactones) is 1. The zero-order chi connectivity index (χ0) is 16.1. The summed E-state index contributed by atoms with van der Waals surface area (Å²) in [5.74, 6) is -1.61. The van der Waals surface area contributed by atoms with Crippen LogP contribution in [0.1, 0.15) is 11.5 Å². The second-order valence-corrected chi connectivity index (χ2v) is 6.36. The van der Waals surface area contributed by atoms with Crippen LogP contribution in [-0.4, -0.2) is 31.6 Å². The van der Waals surface area contributed by atoms with E-state index in [0.29, 0.717) is 28.1 Å². The second kappa shape index (κ2) is 5.28. The summed E-state index contributed by atoms with van der Waals surface area (Å²) in [5.41, 5.74) is 2.85. The highest BCUT2D eigenvalue weighted by atomic mass is 79.9. The molecule has 0 saturated heterocycles. The van der Waals surface area contributed by atoms with E-state index in [1.165, 1.54) is 6.07 Å². The summed E-state index contributed by atoms with van der Waals surface area (Å²) in [7, 11) is 0. The summed E-state index contributed by atoms with van der Waals surface area (Å²) < 4.78 is 24.2. The first kappa shape index (κ1) is 14.6. The number of ketones is 1. The third kappa shape index (κ3) is 2.22. The van der Waals surface area contributed by atoms with Crippen molar-refractivity contribution in [1.29, 1.82) is 0 Å². The first-order valence-electron chi connectivity index (χ1n) is 7.02. The Morgan fingerprint density at radius 1 is 1.13 bits per heavy atom. The Bertz CT molecular complexity index is 814. The average molecular weight is 380 g/mol. The van der Waals surface area contributed by atoms with Crippen LogP contribution in [0.5, 0.6) is 0 Å². The molecule has 1 aromatic rings. The van der Waals surface area contributed by atoms with Crippen molar-refractivity contribution in [1.82, 2.24) is 5.32 Å². The van der Waals surface area contributed by atoms with Gasteiger partial charge in [-0.1, -0.05) is 6.07 Å². The molecule has 4 rings (SSSR count). The largest absolute Gasteiger partial charge is 0.456 e. The van der Waals surface area contributed by atoms with Crippen molar-refractivity contribution in [3.63, 3.8) is 0 Å². The summed E-state index contributed by atoms with van der Waals surface area (Å²) in [6.45, 7) is 0.375. The van der Waals surface area contributed by atoms with E-state index in [-0.39, 0.29) is 30.1 Å². The van der Waals surface area contributed by atoms with Gasteiger partial charge in [0, 0.05) is 17.2 Å². The van der Waals surface area contributed by atoms with Crippen LogP contribution in [-0.2, 0) is 19.1 Å². The number of esters is 1. The van der Waals surface area contributed by atoms with Gasteiger partial charge in [0.1, 0.15) is 19.0 Å². The average Bonchev–Trinajstić information content (AvgIpc) is 2.90. The molecule has 0 amide bonds. The standard InChI is InChI=1S/C16H11BrFNO4/c17-8-3-7(1-2-9(8)18)13-14-10(4-22-6-12(14)20)19-11-5-23-16(21)15(11)13/h1-3,13,19H,4-6H2/t13-/m1/s1. The highest BCUT2D eigenvalue weighted by Gasteiger charge is 2.43. The van der Waals surface area contributed by atoms with Crippen LogP contribution in [0.15, 0.2) is 45.2 Å². The maximum atomic E-state index is 13.6. The monoisotopic (exact) mass is 379 g/mol. The zero-order valence-corrected chi connectivity index (χ0v) is 13.4. The molecular formula is C16H11BrFNO4. The smallest absolute Gasteiger partial charge is 0.337 e. The lowest BCUT2D eigenvalue weighted by atomic mass is 9.78. The van der Waals surface area contributed by atoms with Crippen molar-refractivity contribution < 1.29 is 23.5 Å². The maximum Gasteiger partial charge on any atom is 0.337 e. The maximum absolute atomic E-state index is 13.6. The second-order valence-electron chi connectivity index (χ2n) is 5.51. The number of carbonyl (C=O) groups excluding carboxylic acids is 2. The number of halogens is 2. The van der Waals surface area contributed by atoms with E-state index in [1.54, 1.807) is 12.1 Å². The Labute approximate surface area is 139 Å². The van der Waals surface area contributed by atoms with Gasteiger partial charge >= 0.3 is 5.97 Å². The number of rotatable bonds is 1. The van der Waals surface area contributed by atoms with Crippen molar-refractivity contribution in [2.75, 3.05) is 19.8 Å². The molecule has 0 fully saturated rings. The van der Waals surface area contributed by atoms with Crippen LogP contribution in [0.3, 0.4) is 0 Å². The van der Waals surface area contributed by atoms with Crippen LogP contribution >= 0.6 is 15.9 Å². The molecule has 0 bridgehead atoms. The summed E-state index contributed by atoms with van der Waals surface area (Å²) >= 11 is 3.15. The Morgan fingerprint density at radius 2 is 1.91 bits per heavy atom. The van der Waals surface area contributed by atoms with Gasteiger partial charge in [0.15, 0.2) is 5.78 Å². The fourth-order valence-corrected chi connectivity index (χ4v) is 3.57. The van der Waals surface area contributed by atoms with Gasteiger partial charge in [-0.2, -0.15) is 0 Å². The molecule has 118 valence electrons. The summed E-state index contributed by atoms with van der Waals surface area (Å²) in [6, 6.07) is 4.49. The molecule has 0 unspecified atom stereocenters. The third-order valence-corrected chi connectivity index (χ3v) is 4.76. The molecule has 0 saturated carbocycles. The van der Waals surface area contributed by atoms with Gasteiger partial charge in [0.05, 0.1) is 22.3 Å². The molecule has 0 aliphatic carbocycles. The van der Waals surface area contributed by atoms with E-state index < -0.39 is 17.7 Å². The van der Waals surface area contributed by atoms with Crippen LogP contribution in [0.25, 0.3) is 0 Å². The van der Waals surface area contributed by atoms with E-state index in [9.17, 15) is 14.0 Å². The Hall–Kier alpha value is -1.99. The normalized spacial score (nSPS) is 23.5. The minimum atomic E-state index is -0.565. The molecule has 0 aromatic heterocycles. The Balaban J connectivity index is 1.91. The predicted octanol–water partition coefficient (Wildman–Crippen LogP) is 1.94. The highest BCUT2D eigenvalue weighted by Crippen LogP contribution is 2.42. The molecule has 3 aliphatic rings. The molecule has 0 radical (unpaired) electrons. The lowest BCUT2D eigenvalue weighted by Gasteiger charge is -2.31. The van der Waals surface area contributed by atoms with Gasteiger partial charge in [-0.05, 0) is 33.6 Å². The van der Waals surface area contributed by atoms with Crippen molar-refractivity contribution in [3.05, 3.63) is 56.6 Å². The van der Waals surface area contributed by atoms with E-state index in [4.69, 9.17) is 9.47 Å². The fraction of sp³-hybridized carbons (Fsp3) is 0.250. The van der Waals surface area contributed by atoms with Crippen LogP contribution in [0.2, 0.25) is 0 Å².